The lowest BCUT2D eigenvalue weighted by atomic mass is 9.95. The molecule has 0 radical (unpaired) electrons. The summed E-state index contributed by atoms with van der Waals surface area (Å²) >= 11 is 3.77. The molecule has 0 amide bonds. The molecule has 0 saturated heterocycles. The largest absolute Gasteiger partial charge is 0.494 e. The van der Waals surface area contributed by atoms with Crippen molar-refractivity contribution in [1.82, 2.24) is 0 Å². The van der Waals surface area contributed by atoms with Crippen molar-refractivity contribution in [3.8, 4) is 5.75 Å². The van der Waals surface area contributed by atoms with E-state index < -0.39 is 0 Å². The van der Waals surface area contributed by atoms with Gasteiger partial charge < -0.3 is 4.74 Å². The van der Waals surface area contributed by atoms with Crippen LogP contribution in [-0.2, 0) is 0 Å². The molecule has 1 aromatic carbocycles. The lowest BCUT2D eigenvalue weighted by Crippen LogP contribution is -2.08. The number of ether oxygens (including phenoxy) is 1. The first-order valence-electron chi connectivity index (χ1n) is 6.55. The van der Waals surface area contributed by atoms with Gasteiger partial charge in [-0.2, -0.15) is 0 Å². The number of alkyl halides is 1. The Bertz CT molecular complexity index is 307. The molecule has 0 bridgehead atoms. The Kier molecular flexibility index (Phi) is 6.64. The van der Waals surface area contributed by atoms with E-state index in [4.69, 9.17) is 4.74 Å². The van der Waals surface area contributed by atoms with Crippen LogP contribution in [-0.4, -0.2) is 11.4 Å². The first-order valence-corrected chi connectivity index (χ1v) is 7.47. The summed E-state index contributed by atoms with van der Waals surface area (Å²) in [5.41, 5.74) is 1.38. The predicted octanol–water partition coefficient (Wildman–Crippen LogP) is 5.14. The van der Waals surface area contributed by atoms with E-state index in [0.717, 1.165) is 18.8 Å². The first-order chi connectivity index (χ1) is 8.19. The summed E-state index contributed by atoms with van der Waals surface area (Å²) in [6.45, 7) is 7.42. The molecular weight excluding hydrogens is 276 g/mol. The highest BCUT2D eigenvalue weighted by atomic mass is 79.9. The molecule has 17 heavy (non-hydrogen) atoms. The van der Waals surface area contributed by atoms with Crippen LogP contribution in [0.4, 0.5) is 0 Å². The highest BCUT2D eigenvalue weighted by molar-refractivity contribution is 9.09. The third-order valence-electron chi connectivity index (χ3n) is 2.99. The molecule has 0 heterocycles. The van der Waals surface area contributed by atoms with Crippen molar-refractivity contribution >= 4 is 15.9 Å². The van der Waals surface area contributed by atoms with Crippen LogP contribution < -0.4 is 4.74 Å². The van der Waals surface area contributed by atoms with Crippen molar-refractivity contribution in [2.75, 3.05) is 6.61 Å². The Labute approximate surface area is 114 Å². The van der Waals surface area contributed by atoms with E-state index in [9.17, 15) is 0 Å². The quantitative estimate of drug-likeness (QED) is 0.633. The maximum absolute atomic E-state index is 5.59. The molecule has 2 heteroatoms. The highest BCUT2D eigenvalue weighted by Crippen LogP contribution is 2.28. The van der Waals surface area contributed by atoms with Crippen molar-refractivity contribution in [2.45, 2.75) is 50.8 Å². The molecule has 0 N–H and O–H groups in total. The molecule has 2 unspecified atom stereocenters. The van der Waals surface area contributed by atoms with E-state index >= 15 is 0 Å². The molecule has 2 atom stereocenters. The van der Waals surface area contributed by atoms with E-state index in [0.29, 0.717) is 10.7 Å². The number of hydrogen-bond acceptors (Lipinski definition) is 1. The maximum atomic E-state index is 5.59. The van der Waals surface area contributed by atoms with Crippen molar-refractivity contribution in [3.63, 3.8) is 0 Å². The fourth-order valence-electron chi connectivity index (χ4n) is 1.82. The molecule has 0 aliphatic carbocycles. The Morgan fingerprint density at radius 1 is 1.12 bits per heavy atom. The maximum Gasteiger partial charge on any atom is 0.119 e. The summed E-state index contributed by atoms with van der Waals surface area (Å²) < 4.78 is 5.59. The van der Waals surface area contributed by atoms with E-state index in [2.05, 4.69) is 61.0 Å². The smallest absolute Gasteiger partial charge is 0.119 e. The van der Waals surface area contributed by atoms with Crippen molar-refractivity contribution in [2.24, 2.45) is 0 Å². The van der Waals surface area contributed by atoms with Gasteiger partial charge in [0.25, 0.3) is 0 Å². The molecule has 0 aliphatic rings. The minimum Gasteiger partial charge on any atom is -0.494 e. The van der Waals surface area contributed by atoms with Crippen molar-refractivity contribution in [1.29, 1.82) is 0 Å². The summed E-state index contributed by atoms with van der Waals surface area (Å²) in [7, 11) is 0. The second-order valence-corrected chi connectivity index (χ2v) is 5.69. The monoisotopic (exact) mass is 298 g/mol. The number of benzene rings is 1. The average molecular weight is 299 g/mol. The van der Waals surface area contributed by atoms with E-state index in [-0.39, 0.29) is 0 Å². The SMILES string of the molecule is CCCOc1ccc(C(C)C(Br)CCC)cc1. The molecular formula is C15H23BrO. The zero-order valence-electron chi connectivity index (χ0n) is 11.1. The van der Waals surface area contributed by atoms with Gasteiger partial charge in [-0.1, -0.05) is 55.3 Å². The van der Waals surface area contributed by atoms with Gasteiger partial charge in [-0.05, 0) is 36.5 Å². The topological polar surface area (TPSA) is 9.23 Å². The second kappa shape index (κ2) is 7.75. The Balaban J connectivity index is 2.60. The zero-order chi connectivity index (χ0) is 12.7. The summed E-state index contributed by atoms with van der Waals surface area (Å²) in [5.74, 6) is 1.53. The summed E-state index contributed by atoms with van der Waals surface area (Å²) in [6.07, 6.45) is 3.49. The van der Waals surface area contributed by atoms with Crippen LogP contribution in [0, 0.1) is 0 Å². The van der Waals surface area contributed by atoms with Crippen LogP contribution in [0.15, 0.2) is 24.3 Å². The van der Waals surface area contributed by atoms with Crippen LogP contribution in [0.1, 0.15) is 51.5 Å². The molecule has 0 aromatic heterocycles. The van der Waals surface area contributed by atoms with Crippen molar-refractivity contribution in [3.05, 3.63) is 29.8 Å². The lowest BCUT2D eigenvalue weighted by molar-refractivity contribution is 0.317. The van der Waals surface area contributed by atoms with Gasteiger partial charge in [-0.15, -0.1) is 0 Å². The molecule has 0 spiro atoms. The predicted molar refractivity (Wildman–Crippen MR) is 78.3 cm³/mol. The molecule has 0 fully saturated rings. The fraction of sp³-hybridized carbons (Fsp3) is 0.600. The minimum atomic E-state index is 0.551. The van der Waals surface area contributed by atoms with E-state index in [1.54, 1.807) is 0 Å². The van der Waals surface area contributed by atoms with Gasteiger partial charge in [0.2, 0.25) is 0 Å². The number of hydrogen-bond donors (Lipinski definition) is 0. The third-order valence-corrected chi connectivity index (χ3v) is 4.24. The molecule has 0 saturated carbocycles. The number of rotatable bonds is 7. The van der Waals surface area contributed by atoms with Gasteiger partial charge in [0, 0.05) is 4.83 Å². The van der Waals surface area contributed by atoms with Crippen LogP contribution in [0.3, 0.4) is 0 Å². The van der Waals surface area contributed by atoms with Crippen molar-refractivity contribution < 1.29 is 4.74 Å². The van der Waals surface area contributed by atoms with Crippen LogP contribution in [0.25, 0.3) is 0 Å². The Hall–Kier alpha value is -0.500. The van der Waals surface area contributed by atoms with Gasteiger partial charge in [0.1, 0.15) is 5.75 Å². The molecule has 0 aliphatic heterocycles. The minimum absolute atomic E-state index is 0.551. The molecule has 96 valence electrons. The van der Waals surface area contributed by atoms with E-state index in [1.165, 1.54) is 18.4 Å². The van der Waals surface area contributed by atoms with Crippen LogP contribution in [0.2, 0.25) is 0 Å². The van der Waals surface area contributed by atoms with Crippen LogP contribution in [0.5, 0.6) is 5.75 Å². The first kappa shape index (κ1) is 14.6. The molecule has 1 rings (SSSR count). The number of halogens is 1. The van der Waals surface area contributed by atoms with E-state index in [1.807, 2.05) is 0 Å². The Morgan fingerprint density at radius 2 is 1.76 bits per heavy atom. The van der Waals surface area contributed by atoms with Gasteiger partial charge >= 0.3 is 0 Å². The van der Waals surface area contributed by atoms with Crippen LogP contribution >= 0.6 is 15.9 Å². The highest BCUT2D eigenvalue weighted by Gasteiger charge is 2.14. The normalized spacial score (nSPS) is 14.4. The standard InChI is InChI=1S/C15H23BrO/c1-4-6-15(16)12(3)13-7-9-14(10-8-13)17-11-5-2/h7-10,12,15H,4-6,11H2,1-3H3. The van der Waals surface area contributed by atoms with Gasteiger partial charge in [0.05, 0.1) is 6.61 Å². The van der Waals surface area contributed by atoms with Gasteiger partial charge in [0.15, 0.2) is 0 Å². The summed E-state index contributed by atoms with van der Waals surface area (Å²) in [6, 6.07) is 8.51. The molecule has 1 nitrogen and oxygen atoms in total. The zero-order valence-corrected chi connectivity index (χ0v) is 12.7. The second-order valence-electron chi connectivity index (χ2n) is 4.51. The third kappa shape index (κ3) is 4.71. The van der Waals surface area contributed by atoms with Gasteiger partial charge in [-0.3, -0.25) is 0 Å². The average Bonchev–Trinajstić information content (AvgIpc) is 2.36. The Morgan fingerprint density at radius 3 is 2.29 bits per heavy atom. The summed E-state index contributed by atoms with van der Waals surface area (Å²) in [5, 5.41) is 0. The van der Waals surface area contributed by atoms with Gasteiger partial charge in [-0.25, -0.2) is 0 Å². The lowest BCUT2D eigenvalue weighted by Gasteiger charge is -2.18. The molecule has 1 aromatic rings. The summed E-state index contributed by atoms with van der Waals surface area (Å²) in [4.78, 5) is 0.565. The fourth-order valence-corrected chi connectivity index (χ4v) is 2.59.